The predicted molar refractivity (Wildman–Crippen MR) is 43.5 cm³/mol. The number of carbonyl (C=O) groups excluding carboxylic acids is 1. The lowest BCUT2D eigenvalue weighted by molar-refractivity contribution is -0.133. The van der Waals surface area contributed by atoms with Gasteiger partial charge < -0.3 is 5.11 Å². The molecule has 0 aliphatic rings. The first-order valence-electron chi connectivity index (χ1n) is 3.49. The molecule has 0 fully saturated rings. The Morgan fingerprint density at radius 3 is 2.33 bits per heavy atom. The molecule has 0 rings (SSSR count). The average Bonchev–Trinajstić information content (AvgIpc) is 1.98. The maximum absolute atomic E-state index is 10.4. The molecule has 0 aliphatic heterocycles. The fraction of sp³-hybridized carbons (Fsp3) is 0.500. The van der Waals surface area contributed by atoms with Crippen LogP contribution in [0, 0.1) is 5.92 Å². The highest BCUT2D eigenvalue weighted by molar-refractivity contribution is 5.87. The third-order valence-electron chi connectivity index (χ3n) is 1.45. The van der Waals surface area contributed by atoms with Gasteiger partial charge in [-0.25, -0.2) is 9.59 Å². The molecule has 0 aromatic heterocycles. The number of aliphatic carboxylic acids is 1. The van der Waals surface area contributed by atoms with Crippen LogP contribution in [-0.2, 0) is 9.59 Å². The van der Waals surface area contributed by atoms with Crippen molar-refractivity contribution >= 4 is 12.0 Å². The Morgan fingerprint density at radius 2 is 2.08 bits per heavy atom. The number of hydrogen-bond donors (Lipinski definition) is 1. The molecule has 0 aromatic rings. The fourth-order valence-corrected chi connectivity index (χ4v) is 0.813. The molecular weight excluding hydrogens is 158 g/mol. The molecule has 4 heteroatoms. The molecule has 66 valence electrons. The first kappa shape index (κ1) is 10.6. The van der Waals surface area contributed by atoms with Gasteiger partial charge in [0.15, 0.2) is 0 Å². The van der Waals surface area contributed by atoms with Crippen molar-refractivity contribution in [2.75, 3.05) is 0 Å². The summed E-state index contributed by atoms with van der Waals surface area (Å²) in [7, 11) is 0. The lowest BCUT2D eigenvalue weighted by Crippen LogP contribution is -2.20. The molecule has 0 saturated carbocycles. The average molecular weight is 169 g/mol. The summed E-state index contributed by atoms with van der Waals surface area (Å²) >= 11 is 0. The van der Waals surface area contributed by atoms with E-state index in [0.29, 0.717) is 0 Å². The largest absolute Gasteiger partial charge is 0.478 e. The van der Waals surface area contributed by atoms with Crippen LogP contribution < -0.4 is 0 Å². The van der Waals surface area contributed by atoms with Crippen molar-refractivity contribution in [3.05, 3.63) is 12.2 Å². The minimum absolute atomic E-state index is 0.0601. The van der Waals surface area contributed by atoms with Gasteiger partial charge in [-0.1, -0.05) is 20.4 Å². The normalized spacial score (nSPS) is 11.9. The van der Waals surface area contributed by atoms with Crippen LogP contribution in [-0.4, -0.2) is 23.2 Å². The van der Waals surface area contributed by atoms with E-state index >= 15 is 0 Å². The van der Waals surface area contributed by atoms with Gasteiger partial charge in [0, 0.05) is 0 Å². The number of carboxylic acid groups (broad SMARTS) is 1. The van der Waals surface area contributed by atoms with Crippen molar-refractivity contribution in [3.8, 4) is 0 Å². The zero-order valence-electron chi connectivity index (χ0n) is 7.07. The molecule has 1 unspecified atom stereocenters. The second-order valence-electron chi connectivity index (χ2n) is 2.74. The second-order valence-corrected chi connectivity index (χ2v) is 2.74. The Hall–Kier alpha value is -1.41. The van der Waals surface area contributed by atoms with Gasteiger partial charge in [0.1, 0.15) is 0 Å². The SMILES string of the molecule is C=C(C(=O)O)C(N=C=O)C(C)C. The molecule has 12 heavy (non-hydrogen) atoms. The van der Waals surface area contributed by atoms with E-state index in [1.165, 1.54) is 6.08 Å². The number of carboxylic acids is 1. The Kier molecular flexibility index (Phi) is 3.94. The van der Waals surface area contributed by atoms with Gasteiger partial charge in [-0.05, 0) is 5.92 Å². The van der Waals surface area contributed by atoms with Crippen LogP contribution in [0.15, 0.2) is 17.1 Å². The zero-order valence-corrected chi connectivity index (χ0v) is 7.07. The van der Waals surface area contributed by atoms with Crippen LogP contribution in [0.4, 0.5) is 0 Å². The summed E-state index contributed by atoms with van der Waals surface area (Å²) in [4.78, 5) is 23.7. The number of isocyanates is 1. The van der Waals surface area contributed by atoms with Gasteiger partial charge in [-0.3, -0.25) is 0 Å². The van der Waals surface area contributed by atoms with Crippen LogP contribution in [0.3, 0.4) is 0 Å². The summed E-state index contributed by atoms with van der Waals surface area (Å²) in [6, 6.07) is -0.667. The van der Waals surface area contributed by atoms with Gasteiger partial charge in [-0.15, -0.1) is 0 Å². The summed E-state index contributed by atoms with van der Waals surface area (Å²) in [5.74, 6) is -1.19. The Morgan fingerprint density at radius 1 is 1.58 bits per heavy atom. The monoisotopic (exact) mass is 169 g/mol. The summed E-state index contributed by atoms with van der Waals surface area (Å²) in [6.45, 7) is 6.85. The van der Waals surface area contributed by atoms with E-state index in [9.17, 15) is 9.59 Å². The molecule has 0 amide bonds. The van der Waals surface area contributed by atoms with Gasteiger partial charge >= 0.3 is 5.97 Å². The van der Waals surface area contributed by atoms with E-state index < -0.39 is 12.0 Å². The highest BCUT2D eigenvalue weighted by Crippen LogP contribution is 2.14. The van der Waals surface area contributed by atoms with Gasteiger partial charge in [-0.2, -0.15) is 4.99 Å². The van der Waals surface area contributed by atoms with Gasteiger partial charge in [0.05, 0.1) is 11.6 Å². The number of carbonyl (C=O) groups is 1. The lowest BCUT2D eigenvalue weighted by Gasteiger charge is -2.13. The van der Waals surface area contributed by atoms with Crippen molar-refractivity contribution in [2.45, 2.75) is 19.9 Å². The van der Waals surface area contributed by atoms with Gasteiger partial charge in [0.2, 0.25) is 6.08 Å². The second kappa shape index (κ2) is 4.46. The Bertz CT molecular complexity index is 239. The van der Waals surface area contributed by atoms with Crippen LogP contribution in [0.5, 0.6) is 0 Å². The third kappa shape index (κ3) is 2.68. The highest BCUT2D eigenvalue weighted by Gasteiger charge is 2.20. The van der Waals surface area contributed by atoms with Crippen LogP contribution >= 0.6 is 0 Å². The molecule has 0 aromatic carbocycles. The lowest BCUT2D eigenvalue weighted by atomic mass is 9.98. The first-order valence-corrected chi connectivity index (χ1v) is 3.49. The molecule has 0 heterocycles. The highest BCUT2D eigenvalue weighted by atomic mass is 16.4. The number of rotatable bonds is 4. The van der Waals surface area contributed by atoms with E-state index in [-0.39, 0.29) is 11.5 Å². The molecule has 0 aliphatic carbocycles. The summed E-state index contributed by atoms with van der Waals surface area (Å²) < 4.78 is 0. The molecule has 1 atom stereocenters. The van der Waals surface area contributed by atoms with Crippen molar-refractivity contribution < 1.29 is 14.7 Å². The molecule has 4 nitrogen and oxygen atoms in total. The van der Waals surface area contributed by atoms with Crippen molar-refractivity contribution in [1.82, 2.24) is 0 Å². The Labute approximate surface area is 70.6 Å². The molecular formula is C8H11NO3. The van der Waals surface area contributed by atoms with E-state index in [4.69, 9.17) is 5.11 Å². The summed E-state index contributed by atoms with van der Waals surface area (Å²) in [5, 5.41) is 8.54. The van der Waals surface area contributed by atoms with E-state index in [2.05, 4.69) is 11.6 Å². The maximum Gasteiger partial charge on any atom is 0.333 e. The van der Waals surface area contributed by atoms with E-state index in [1.807, 2.05) is 0 Å². The molecule has 0 radical (unpaired) electrons. The summed E-state index contributed by atoms with van der Waals surface area (Å²) in [5.41, 5.74) is -0.0756. The number of aliphatic imine (C=N–C) groups is 1. The minimum atomic E-state index is -1.13. The summed E-state index contributed by atoms with van der Waals surface area (Å²) in [6.07, 6.45) is 1.34. The molecule has 1 N–H and O–H groups in total. The quantitative estimate of drug-likeness (QED) is 0.387. The van der Waals surface area contributed by atoms with Crippen molar-refractivity contribution in [2.24, 2.45) is 10.9 Å². The molecule has 0 bridgehead atoms. The zero-order chi connectivity index (χ0) is 9.72. The van der Waals surface area contributed by atoms with Crippen LogP contribution in [0.25, 0.3) is 0 Å². The molecule has 0 spiro atoms. The Balaban J connectivity index is 4.62. The smallest absolute Gasteiger partial charge is 0.333 e. The number of nitrogens with zero attached hydrogens (tertiary/aromatic N) is 1. The maximum atomic E-state index is 10.4. The van der Waals surface area contributed by atoms with Crippen LogP contribution in [0.1, 0.15) is 13.8 Å². The van der Waals surface area contributed by atoms with Crippen molar-refractivity contribution in [3.63, 3.8) is 0 Å². The standard InChI is InChI=1S/C8H11NO3/c1-5(2)7(9-4-10)6(3)8(11)12/h5,7H,3H2,1-2H3,(H,11,12). The minimum Gasteiger partial charge on any atom is -0.478 e. The number of hydrogen-bond acceptors (Lipinski definition) is 3. The van der Waals surface area contributed by atoms with E-state index in [0.717, 1.165) is 0 Å². The van der Waals surface area contributed by atoms with E-state index in [1.54, 1.807) is 13.8 Å². The fourth-order valence-electron chi connectivity index (χ4n) is 0.813. The van der Waals surface area contributed by atoms with Crippen LogP contribution in [0.2, 0.25) is 0 Å². The third-order valence-corrected chi connectivity index (χ3v) is 1.45. The topological polar surface area (TPSA) is 66.7 Å². The first-order chi connectivity index (χ1) is 5.50. The van der Waals surface area contributed by atoms with Gasteiger partial charge in [0.25, 0.3) is 0 Å². The molecule has 0 saturated heterocycles. The van der Waals surface area contributed by atoms with Crippen molar-refractivity contribution in [1.29, 1.82) is 0 Å². The predicted octanol–water partition coefficient (Wildman–Crippen LogP) is 0.988.